The Morgan fingerprint density at radius 3 is 2.69 bits per heavy atom. The summed E-state index contributed by atoms with van der Waals surface area (Å²) in [6, 6.07) is 2.20. The third-order valence-electron chi connectivity index (χ3n) is 2.84. The second-order valence-corrected chi connectivity index (χ2v) is 4.22. The van der Waals surface area contributed by atoms with Gasteiger partial charge in [-0.25, -0.2) is 4.39 Å². The van der Waals surface area contributed by atoms with Crippen molar-refractivity contribution in [2.45, 2.75) is 52.1 Å². The molecule has 2 unspecified atom stereocenters. The number of hydrogen-bond acceptors (Lipinski definition) is 2. The molecule has 1 aromatic heterocycles. The number of rotatable bonds is 6. The van der Waals surface area contributed by atoms with Gasteiger partial charge in [0, 0.05) is 18.3 Å². The fraction of sp³-hybridized carbons (Fsp3) is 0.615. The Labute approximate surface area is 97.3 Å². The Kier molecular flexibility index (Phi) is 5.39. The Morgan fingerprint density at radius 2 is 2.12 bits per heavy atom. The van der Waals surface area contributed by atoms with E-state index in [2.05, 4.69) is 31.1 Å². The van der Waals surface area contributed by atoms with Crippen LogP contribution in [0.3, 0.4) is 0 Å². The van der Waals surface area contributed by atoms with Gasteiger partial charge in [-0.05, 0) is 31.4 Å². The van der Waals surface area contributed by atoms with Crippen molar-refractivity contribution >= 4 is 0 Å². The second kappa shape index (κ2) is 6.59. The van der Waals surface area contributed by atoms with Crippen molar-refractivity contribution in [3.63, 3.8) is 0 Å². The number of aromatic nitrogens is 1. The lowest BCUT2D eigenvalue weighted by Crippen LogP contribution is -2.30. The van der Waals surface area contributed by atoms with Crippen molar-refractivity contribution in [1.82, 2.24) is 10.3 Å². The van der Waals surface area contributed by atoms with Crippen molar-refractivity contribution in [2.24, 2.45) is 0 Å². The highest BCUT2D eigenvalue weighted by Gasteiger charge is 2.11. The molecule has 1 aromatic rings. The van der Waals surface area contributed by atoms with Crippen LogP contribution < -0.4 is 5.32 Å². The maximum atomic E-state index is 13.0. The van der Waals surface area contributed by atoms with E-state index in [4.69, 9.17) is 0 Å². The zero-order valence-corrected chi connectivity index (χ0v) is 10.3. The van der Waals surface area contributed by atoms with Gasteiger partial charge in [0.15, 0.2) is 0 Å². The minimum absolute atomic E-state index is 0.152. The predicted octanol–water partition coefficient (Wildman–Crippen LogP) is 3.45. The van der Waals surface area contributed by atoms with E-state index in [1.165, 1.54) is 12.6 Å². The topological polar surface area (TPSA) is 24.9 Å². The summed E-state index contributed by atoms with van der Waals surface area (Å²) in [5, 5.41) is 3.50. The highest BCUT2D eigenvalue weighted by atomic mass is 19.1. The Hall–Kier alpha value is -0.960. The predicted molar refractivity (Wildman–Crippen MR) is 64.7 cm³/mol. The third kappa shape index (κ3) is 3.89. The standard InChI is InChI=1S/C13H21FN2/c1-4-6-13(5-2)16-10(3)11-7-12(14)9-15-8-11/h7-10,13,16H,4-6H2,1-3H3. The lowest BCUT2D eigenvalue weighted by Gasteiger charge is -2.22. The van der Waals surface area contributed by atoms with E-state index in [0.717, 1.165) is 18.4 Å². The van der Waals surface area contributed by atoms with Crippen molar-refractivity contribution in [1.29, 1.82) is 0 Å². The zero-order chi connectivity index (χ0) is 12.0. The number of hydrogen-bond donors (Lipinski definition) is 1. The summed E-state index contributed by atoms with van der Waals surface area (Å²) in [5.41, 5.74) is 0.912. The van der Waals surface area contributed by atoms with Gasteiger partial charge in [0.1, 0.15) is 5.82 Å². The summed E-state index contributed by atoms with van der Waals surface area (Å²) < 4.78 is 13.0. The highest BCUT2D eigenvalue weighted by Crippen LogP contribution is 2.14. The zero-order valence-electron chi connectivity index (χ0n) is 10.3. The van der Waals surface area contributed by atoms with Gasteiger partial charge in [0.2, 0.25) is 0 Å². The largest absolute Gasteiger partial charge is 0.307 e. The first kappa shape index (κ1) is 13.1. The monoisotopic (exact) mass is 224 g/mol. The number of pyridine rings is 1. The number of halogens is 1. The third-order valence-corrected chi connectivity index (χ3v) is 2.84. The Morgan fingerprint density at radius 1 is 1.38 bits per heavy atom. The molecule has 0 saturated carbocycles. The molecule has 16 heavy (non-hydrogen) atoms. The SMILES string of the molecule is CCCC(CC)NC(C)c1cncc(F)c1. The van der Waals surface area contributed by atoms with Gasteiger partial charge in [-0.3, -0.25) is 4.98 Å². The van der Waals surface area contributed by atoms with Crippen LogP contribution in [0.25, 0.3) is 0 Å². The van der Waals surface area contributed by atoms with Gasteiger partial charge < -0.3 is 5.32 Å². The van der Waals surface area contributed by atoms with Gasteiger partial charge in [0.05, 0.1) is 6.20 Å². The molecular weight excluding hydrogens is 203 g/mol. The van der Waals surface area contributed by atoms with Gasteiger partial charge >= 0.3 is 0 Å². The molecule has 0 bridgehead atoms. The Bertz CT molecular complexity index is 315. The molecular formula is C13H21FN2. The van der Waals surface area contributed by atoms with Crippen molar-refractivity contribution in [3.8, 4) is 0 Å². The molecule has 0 fully saturated rings. The highest BCUT2D eigenvalue weighted by molar-refractivity contribution is 5.14. The van der Waals surface area contributed by atoms with E-state index in [1.807, 2.05) is 0 Å². The van der Waals surface area contributed by atoms with Crippen LogP contribution in [0.5, 0.6) is 0 Å². The van der Waals surface area contributed by atoms with E-state index < -0.39 is 0 Å². The summed E-state index contributed by atoms with van der Waals surface area (Å²) in [5.74, 6) is -0.269. The quantitative estimate of drug-likeness (QED) is 0.800. The molecule has 0 aromatic carbocycles. The average Bonchev–Trinajstić information content (AvgIpc) is 2.28. The first-order valence-corrected chi connectivity index (χ1v) is 6.03. The summed E-state index contributed by atoms with van der Waals surface area (Å²) in [7, 11) is 0. The fourth-order valence-electron chi connectivity index (χ4n) is 1.87. The maximum Gasteiger partial charge on any atom is 0.141 e. The van der Waals surface area contributed by atoms with Crippen molar-refractivity contribution < 1.29 is 4.39 Å². The van der Waals surface area contributed by atoms with E-state index in [9.17, 15) is 4.39 Å². The van der Waals surface area contributed by atoms with Crippen LogP contribution in [0.4, 0.5) is 4.39 Å². The average molecular weight is 224 g/mol. The smallest absolute Gasteiger partial charge is 0.141 e. The molecule has 0 aliphatic carbocycles. The second-order valence-electron chi connectivity index (χ2n) is 4.22. The summed E-state index contributed by atoms with van der Waals surface area (Å²) in [6.07, 6.45) is 6.38. The van der Waals surface area contributed by atoms with Crippen molar-refractivity contribution in [3.05, 3.63) is 29.8 Å². The first-order valence-electron chi connectivity index (χ1n) is 6.03. The van der Waals surface area contributed by atoms with Crippen molar-refractivity contribution in [2.75, 3.05) is 0 Å². The van der Waals surface area contributed by atoms with E-state index >= 15 is 0 Å². The number of nitrogens with one attached hydrogen (secondary N) is 1. The van der Waals surface area contributed by atoms with Gasteiger partial charge in [0.25, 0.3) is 0 Å². The van der Waals surface area contributed by atoms with Crippen LogP contribution in [-0.4, -0.2) is 11.0 Å². The molecule has 0 radical (unpaired) electrons. The molecule has 2 nitrogen and oxygen atoms in total. The molecule has 0 spiro atoms. The lowest BCUT2D eigenvalue weighted by molar-refractivity contribution is 0.415. The molecule has 1 rings (SSSR count). The molecule has 1 heterocycles. The van der Waals surface area contributed by atoms with Crippen LogP contribution >= 0.6 is 0 Å². The summed E-state index contributed by atoms with van der Waals surface area (Å²) in [6.45, 7) is 6.40. The van der Waals surface area contributed by atoms with Crippen LogP contribution in [0.2, 0.25) is 0 Å². The first-order chi connectivity index (χ1) is 7.67. The molecule has 2 atom stereocenters. The summed E-state index contributed by atoms with van der Waals surface area (Å²) in [4.78, 5) is 3.87. The molecule has 1 N–H and O–H groups in total. The molecule has 90 valence electrons. The van der Waals surface area contributed by atoms with E-state index in [-0.39, 0.29) is 11.9 Å². The summed E-state index contributed by atoms with van der Waals surface area (Å²) >= 11 is 0. The molecule has 0 aliphatic rings. The van der Waals surface area contributed by atoms with Gasteiger partial charge in [-0.1, -0.05) is 20.3 Å². The van der Waals surface area contributed by atoms with E-state index in [1.54, 1.807) is 12.3 Å². The lowest BCUT2D eigenvalue weighted by atomic mass is 10.1. The number of nitrogens with zero attached hydrogens (tertiary/aromatic N) is 1. The fourth-order valence-corrected chi connectivity index (χ4v) is 1.87. The maximum absolute atomic E-state index is 13.0. The van der Waals surface area contributed by atoms with E-state index in [0.29, 0.717) is 6.04 Å². The molecule has 0 saturated heterocycles. The Balaban J connectivity index is 2.60. The molecule has 0 aliphatic heterocycles. The van der Waals surface area contributed by atoms with Gasteiger partial charge in [-0.15, -0.1) is 0 Å². The normalized spacial score (nSPS) is 14.8. The minimum Gasteiger partial charge on any atom is -0.307 e. The van der Waals surface area contributed by atoms with Gasteiger partial charge in [-0.2, -0.15) is 0 Å². The minimum atomic E-state index is -0.269. The van der Waals surface area contributed by atoms with Crippen LogP contribution in [-0.2, 0) is 0 Å². The van der Waals surface area contributed by atoms with Crippen LogP contribution in [0.15, 0.2) is 18.5 Å². The molecule has 0 amide bonds. The molecule has 3 heteroatoms. The van der Waals surface area contributed by atoms with Crippen LogP contribution in [0.1, 0.15) is 51.6 Å². The van der Waals surface area contributed by atoms with Crippen LogP contribution in [0, 0.1) is 5.82 Å².